The molecule has 0 atom stereocenters. The Morgan fingerprint density at radius 3 is 1.77 bits per heavy atom. The molecule has 0 saturated heterocycles. The normalized spacial score (nSPS) is 10.8. The Hall–Kier alpha value is -5.81. The maximum atomic E-state index is 11.4. The molecule has 3 N–H and O–H groups in total. The van der Waals surface area contributed by atoms with Crippen LogP contribution in [0.1, 0.15) is 41.8 Å². The predicted octanol–water partition coefficient (Wildman–Crippen LogP) is 7.30. The van der Waals surface area contributed by atoms with Crippen LogP contribution in [0.15, 0.2) is 119 Å². The quantitative estimate of drug-likeness (QED) is 0.0626. The lowest BCUT2D eigenvalue weighted by Gasteiger charge is -2.03. The standard InChI is InChI=1S/C17H14N4O.C15H11ClN2O.C2H6N2O.CH4/c1-12-18-17(22-20-12)16-14-9-5-6-10-15(14)21(19-16)11-13-7-3-2-4-8-13;16-15(19)14-12-8-4-5-9-13(12)18(17-14)10-11-6-2-1-3-7-11;1-2(3)4-5;/h2-10H,11H2,1H3;1-9H,10H2;5H,1H3,(H2,3,4);1H4. The summed E-state index contributed by atoms with van der Waals surface area (Å²) >= 11 is 5.58. The van der Waals surface area contributed by atoms with Crippen molar-refractivity contribution in [3.63, 3.8) is 0 Å². The number of halogens is 1. The molecule has 0 aliphatic rings. The van der Waals surface area contributed by atoms with E-state index in [0.717, 1.165) is 33.1 Å². The third-order valence-electron chi connectivity index (χ3n) is 6.74. The van der Waals surface area contributed by atoms with Gasteiger partial charge in [0.25, 0.3) is 11.1 Å². The van der Waals surface area contributed by atoms with E-state index in [0.29, 0.717) is 30.5 Å². The molecule has 7 rings (SSSR count). The minimum atomic E-state index is -0.525. The molecule has 4 aromatic carbocycles. The maximum Gasteiger partial charge on any atom is 0.279 e. The molecule has 0 radical (unpaired) electrons. The summed E-state index contributed by atoms with van der Waals surface area (Å²) in [4.78, 5) is 15.7. The molecule has 0 aliphatic heterocycles. The van der Waals surface area contributed by atoms with Crippen LogP contribution in [0.4, 0.5) is 0 Å². The number of hydrogen-bond donors (Lipinski definition) is 2. The zero-order valence-electron chi connectivity index (χ0n) is 25.2. The van der Waals surface area contributed by atoms with Crippen molar-refractivity contribution in [2.45, 2.75) is 34.4 Å². The van der Waals surface area contributed by atoms with Crippen molar-refractivity contribution in [3.8, 4) is 11.6 Å². The van der Waals surface area contributed by atoms with E-state index >= 15 is 0 Å². The Labute approximate surface area is 276 Å². The Kier molecular flexibility index (Phi) is 11.6. The van der Waals surface area contributed by atoms with Crippen LogP contribution in [0.2, 0.25) is 0 Å². The highest BCUT2D eigenvalue weighted by Crippen LogP contribution is 2.27. The van der Waals surface area contributed by atoms with Gasteiger partial charge in [-0.05, 0) is 48.7 Å². The topological polar surface area (TPSA) is 150 Å². The van der Waals surface area contributed by atoms with Crippen LogP contribution in [0.5, 0.6) is 0 Å². The molecule has 12 heteroatoms. The monoisotopic (exact) mass is 650 g/mol. The van der Waals surface area contributed by atoms with Gasteiger partial charge in [0.2, 0.25) is 0 Å². The summed E-state index contributed by atoms with van der Waals surface area (Å²) in [6, 6.07) is 35.9. The summed E-state index contributed by atoms with van der Waals surface area (Å²) in [5.74, 6) is 1.25. The number of nitrogens with two attached hydrogens (primary N) is 1. The fourth-order valence-corrected chi connectivity index (χ4v) is 4.84. The second kappa shape index (κ2) is 16.0. The smallest absolute Gasteiger partial charge is 0.279 e. The number of aromatic nitrogens is 6. The molecule has 11 nitrogen and oxygen atoms in total. The van der Waals surface area contributed by atoms with E-state index in [1.807, 2.05) is 95.7 Å². The summed E-state index contributed by atoms with van der Waals surface area (Å²) < 4.78 is 9.06. The first-order valence-corrected chi connectivity index (χ1v) is 14.7. The highest BCUT2D eigenvalue weighted by molar-refractivity contribution is 6.68. The maximum absolute atomic E-state index is 11.4. The molecule has 3 heterocycles. The van der Waals surface area contributed by atoms with Crippen molar-refractivity contribution in [1.82, 2.24) is 29.7 Å². The third-order valence-corrected chi connectivity index (χ3v) is 6.92. The van der Waals surface area contributed by atoms with Gasteiger partial charge in [0.15, 0.2) is 17.2 Å². The van der Waals surface area contributed by atoms with Crippen molar-refractivity contribution in [2.24, 2.45) is 10.9 Å². The van der Waals surface area contributed by atoms with Crippen LogP contribution >= 0.6 is 11.6 Å². The van der Waals surface area contributed by atoms with Gasteiger partial charge in [-0.15, -0.1) is 0 Å². The summed E-state index contributed by atoms with van der Waals surface area (Å²) in [7, 11) is 0. The van der Waals surface area contributed by atoms with Crippen molar-refractivity contribution >= 4 is 44.5 Å². The molecular weight excluding hydrogens is 616 g/mol. The van der Waals surface area contributed by atoms with Crippen molar-refractivity contribution in [3.05, 3.63) is 132 Å². The van der Waals surface area contributed by atoms with Gasteiger partial charge in [-0.2, -0.15) is 15.2 Å². The van der Waals surface area contributed by atoms with Crippen LogP contribution in [-0.4, -0.2) is 46.0 Å². The first-order valence-electron chi connectivity index (χ1n) is 14.3. The molecule has 0 bridgehead atoms. The van der Waals surface area contributed by atoms with Crippen LogP contribution in [0.25, 0.3) is 33.4 Å². The molecule has 240 valence electrons. The minimum Gasteiger partial charge on any atom is -0.409 e. The molecule has 0 fully saturated rings. The average Bonchev–Trinajstić information content (AvgIpc) is 3.78. The molecule has 47 heavy (non-hydrogen) atoms. The fourth-order valence-electron chi connectivity index (χ4n) is 4.71. The zero-order chi connectivity index (χ0) is 32.5. The van der Waals surface area contributed by atoms with E-state index < -0.39 is 5.24 Å². The Balaban J connectivity index is 0.000000185. The number of hydrogen-bond acceptors (Lipinski definition) is 8. The summed E-state index contributed by atoms with van der Waals surface area (Å²) in [6.07, 6.45) is 0. The van der Waals surface area contributed by atoms with Gasteiger partial charge in [-0.25, -0.2) is 0 Å². The molecule has 0 saturated carbocycles. The third kappa shape index (κ3) is 8.47. The number of carbonyl (C=O) groups is 1. The van der Waals surface area contributed by atoms with Crippen molar-refractivity contribution in [2.75, 3.05) is 0 Å². The van der Waals surface area contributed by atoms with Crippen LogP contribution in [0, 0.1) is 6.92 Å². The highest BCUT2D eigenvalue weighted by Gasteiger charge is 2.17. The van der Waals surface area contributed by atoms with E-state index in [1.165, 1.54) is 12.5 Å². The molecule has 3 aromatic heterocycles. The first kappa shape index (κ1) is 34.1. The number of nitrogens with zero attached hydrogens (tertiary/aromatic N) is 7. The number of amidine groups is 1. The van der Waals surface area contributed by atoms with E-state index in [1.54, 1.807) is 11.6 Å². The van der Waals surface area contributed by atoms with E-state index in [9.17, 15) is 4.79 Å². The molecule has 7 aromatic rings. The summed E-state index contributed by atoms with van der Waals surface area (Å²) in [6.45, 7) is 4.62. The molecular formula is C35H35ClN8O3. The number of rotatable bonds is 6. The van der Waals surface area contributed by atoms with Gasteiger partial charge in [-0.1, -0.05) is 115 Å². The van der Waals surface area contributed by atoms with Gasteiger partial charge in [-0.3, -0.25) is 14.2 Å². The number of fused-ring (bicyclic) bond motifs is 2. The van der Waals surface area contributed by atoms with Gasteiger partial charge < -0.3 is 15.5 Å². The fraction of sp³-hybridized carbons (Fsp3) is 0.143. The number of oxime groups is 1. The van der Waals surface area contributed by atoms with Crippen LogP contribution in [0.3, 0.4) is 0 Å². The van der Waals surface area contributed by atoms with Gasteiger partial charge >= 0.3 is 0 Å². The molecule has 0 amide bonds. The van der Waals surface area contributed by atoms with Crippen molar-refractivity contribution in [1.29, 1.82) is 0 Å². The van der Waals surface area contributed by atoms with Crippen molar-refractivity contribution < 1.29 is 14.5 Å². The second-order valence-electron chi connectivity index (χ2n) is 10.2. The largest absolute Gasteiger partial charge is 0.409 e. The lowest BCUT2D eigenvalue weighted by Crippen LogP contribution is -2.03. The first-order chi connectivity index (χ1) is 22.3. The molecule has 0 unspecified atom stereocenters. The summed E-state index contributed by atoms with van der Waals surface area (Å²) in [5, 5.41) is 24.3. The van der Waals surface area contributed by atoms with Gasteiger partial charge in [0, 0.05) is 10.8 Å². The average molecular weight is 651 g/mol. The number of para-hydroxylation sites is 2. The van der Waals surface area contributed by atoms with E-state index in [2.05, 4.69) is 43.7 Å². The molecule has 0 spiro atoms. The Morgan fingerprint density at radius 2 is 1.28 bits per heavy atom. The van der Waals surface area contributed by atoms with Gasteiger partial charge in [0.1, 0.15) is 5.84 Å². The lowest BCUT2D eigenvalue weighted by molar-refractivity contribution is 0.107. The zero-order valence-corrected chi connectivity index (χ0v) is 25.9. The SMILES string of the molecule is C.C/C(N)=N\O.Cc1noc(-c2nn(Cc3ccccc3)c3ccccc23)n1.O=C(Cl)c1nn(Cc2ccccc2)c2ccccc12. The minimum absolute atomic E-state index is 0. The van der Waals surface area contributed by atoms with Gasteiger partial charge in [0.05, 0.1) is 24.1 Å². The van der Waals surface area contributed by atoms with E-state index in [4.69, 9.17) is 27.1 Å². The predicted molar refractivity (Wildman–Crippen MR) is 185 cm³/mol. The second-order valence-corrected chi connectivity index (χ2v) is 10.5. The highest BCUT2D eigenvalue weighted by atomic mass is 35.5. The van der Waals surface area contributed by atoms with Crippen LogP contribution < -0.4 is 5.73 Å². The summed E-state index contributed by atoms with van der Waals surface area (Å²) in [5.41, 5.74) is 10.1. The number of benzene rings is 4. The van der Waals surface area contributed by atoms with E-state index in [-0.39, 0.29) is 13.3 Å². The number of aryl methyl sites for hydroxylation is 1. The Morgan fingerprint density at radius 1 is 0.809 bits per heavy atom. The Bertz CT molecular complexity index is 2080. The molecule has 0 aliphatic carbocycles. The lowest BCUT2D eigenvalue weighted by atomic mass is 10.2. The number of carbonyl (C=O) groups excluding carboxylic acids is 1. The van der Waals surface area contributed by atoms with Crippen LogP contribution in [-0.2, 0) is 13.1 Å².